The van der Waals surface area contributed by atoms with E-state index in [4.69, 9.17) is 0 Å². The monoisotopic (exact) mass is 256 g/mol. The second kappa shape index (κ2) is 5.52. The van der Waals surface area contributed by atoms with E-state index in [0.29, 0.717) is 17.7 Å². The number of phenols is 1. The van der Waals surface area contributed by atoms with Gasteiger partial charge in [-0.15, -0.1) is 0 Å². The Morgan fingerprint density at radius 2 is 2.11 bits per heavy atom. The van der Waals surface area contributed by atoms with Crippen molar-refractivity contribution in [2.75, 3.05) is 7.05 Å². The number of aromatic hydroxyl groups is 1. The van der Waals surface area contributed by atoms with E-state index >= 15 is 0 Å². The van der Waals surface area contributed by atoms with Crippen LogP contribution in [0.25, 0.3) is 0 Å². The number of phenolic OH excluding ortho intramolecular Hbond substituents is 1. The zero-order chi connectivity index (χ0) is 13.8. The molecule has 2 aromatic rings. The highest BCUT2D eigenvalue weighted by Crippen LogP contribution is 2.22. The molecule has 4 heteroatoms. The van der Waals surface area contributed by atoms with E-state index in [2.05, 4.69) is 4.98 Å². The third kappa shape index (κ3) is 2.91. The van der Waals surface area contributed by atoms with Crippen molar-refractivity contribution in [2.45, 2.75) is 13.5 Å². The predicted octanol–water partition coefficient (Wildman–Crippen LogP) is 2.37. The molecule has 0 saturated carbocycles. The Balaban J connectivity index is 2.18. The van der Waals surface area contributed by atoms with Gasteiger partial charge in [-0.25, -0.2) is 0 Å². The van der Waals surface area contributed by atoms with Crippen LogP contribution in [0.4, 0.5) is 0 Å². The maximum Gasteiger partial charge on any atom is 0.257 e. The van der Waals surface area contributed by atoms with Gasteiger partial charge in [-0.3, -0.25) is 9.78 Å². The van der Waals surface area contributed by atoms with Gasteiger partial charge in [-0.2, -0.15) is 0 Å². The molecule has 98 valence electrons. The summed E-state index contributed by atoms with van der Waals surface area (Å²) < 4.78 is 0. The zero-order valence-corrected chi connectivity index (χ0v) is 11.0. The van der Waals surface area contributed by atoms with E-state index in [1.165, 1.54) is 0 Å². The number of para-hydroxylation sites is 1. The molecule has 0 aliphatic carbocycles. The number of pyridine rings is 1. The summed E-state index contributed by atoms with van der Waals surface area (Å²) in [6, 6.07) is 8.91. The number of carbonyl (C=O) groups is 1. The average molecular weight is 256 g/mol. The first-order valence-corrected chi connectivity index (χ1v) is 6.02. The second-order valence-corrected chi connectivity index (χ2v) is 4.49. The summed E-state index contributed by atoms with van der Waals surface area (Å²) in [6.45, 7) is 2.23. The molecular weight excluding hydrogens is 240 g/mol. The molecule has 1 amide bonds. The Hall–Kier alpha value is -2.36. The highest BCUT2D eigenvalue weighted by atomic mass is 16.3. The molecule has 0 aliphatic heterocycles. The third-order valence-corrected chi connectivity index (χ3v) is 2.96. The van der Waals surface area contributed by atoms with Crippen molar-refractivity contribution in [3.63, 3.8) is 0 Å². The van der Waals surface area contributed by atoms with Gasteiger partial charge >= 0.3 is 0 Å². The molecule has 0 atom stereocenters. The number of nitrogens with zero attached hydrogens (tertiary/aromatic N) is 2. The molecular formula is C15H16N2O2. The molecule has 2 rings (SSSR count). The number of aryl methyl sites for hydroxylation is 1. The first kappa shape index (κ1) is 13.1. The molecule has 0 fully saturated rings. The summed E-state index contributed by atoms with van der Waals surface area (Å²) in [5.74, 6) is -0.157. The summed E-state index contributed by atoms with van der Waals surface area (Å²) >= 11 is 0. The lowest BCUT2D eigenvalue weighted by Crippen LogP contribution is -2.26. The fourth-order valence-electron chi connectivity index (χ4n) is 1.87. The van der Waals surface area contributed by atoms with Crippen molar-refractivity contribution in [2.24, 2.45) is 0 Å². The van der Waals surface area contributed by atoms with Gasteiger partial charge in [-0.1, -0.05) is 18.2 Å². The number of hydrogen-bond donors (Lipinski definition) is 1. The van der Waals surface area contributed by atoms with E-state index in [0.717, 1.165) is 5.56 Å². The minimum atomic E-state index is -0.204. The topological polar surface area (TPSA) is 53.4 Å². The molecule has 0 radical (unpaired) electrons. The smallest absolute Gasteiger partial charge is 0.257 e. The fraction of sp³-hybridized carbons (Fsp3) is 0.200. The Bertz CT molecular complexity index is 582. The van der Waals surface area contributed by atoms with Gasteiger partial charge in [0.25, 0.3) is 5.91 Å². The number of hydrogen-bond acceptors (Lipinski definition) is 3. The first-order valence-electron chi connectivity index (χ1n) is 6.02. The van der Waals surface area contributed by atoms with Crippen LogP contribution in [0, 0.1) is 6.92 Å². The Morgan fingerprint density at radius 3 is 2.79 bits per heavy atom. The van der Waals surface area contributed by atoms with Crippen molar-refractivity contribution in [1.29, 1.82) is 0 Å². The molecule has 1 heterocycles. The summed E-state index contributed by atoms with van der Waals surface area (Å²) in [5.41, 5.74) is 1.97. The summed E-state index contributed by atoms with van der Waals surface area (Å²) in [6.07, 6.45) is 3.41. The normalized spacial score (nSPS) is 10.2. The highest BCUT2D eigenvalue weighted by molar-refractivity contribution is 5.97. The summed E-state index contributed by atoms with van der Waals surface area (Å²) in [5, 5.41) is 9.92. The average Bonchev–Trinajstić information content (AvgIpc) is 2.42. The molecule has 1 aromatic carbocycles. The van der Waals surface area contributed by atoms with Crippen LogP contribution < -0.4 is 0 Å². The number of aromatic nitrogens is 1. The Morgan fingerprint density at radius 1 is 1.32 bits per heavy atom. The standard InChI is InChI=1S/C15H16N2O2/c1-11-5-3-7-13(14(11)18)15(19)17(2)10-12-6-4-8-16-9-12/h3-9,18H,10H2,1-2H3. The van der Waals surface area contributed by atoms with E-state index in [1.807, 2.05) is 12.1 Å². The number of carbonyl (C=O) groups excluding carboxylic acids is 1. The van der Waals surface area contributed by atoms with Crippen LogP contribution in [0.1, 0.15) is 21.5 Å². The zero-order valence-electron chi connectivity index (χ0n) is 11.0. The fourth-order valence-corrected chi connectivity index (χ4v) is 1.87. The lowest BCUT2D eigenvalue weighted by Gasteiger charge is -2.18. The minimum Gasteiger partial charge on any atom is -0.507 e. The van der Waals surface area contributed by atoms with Crippen LogP contribution in [0.5, 0.6) is 5.75 Å². The number of amides is 1. The Kier molecular flexibility index (Phi) is 3.80. The molecule has 0 spiro atoms. The van der Waals surface area contributed by atoms with Crippen LogP contribution >= 0.6 is 0 Å². The molecule has 4 nitrogen and oxygen atoms in total. The third-order valence-electron chi connectivity index (χ3n) is 2.96. The van der Waals surface area contributed by atoms with Crippen molar-refractivity contribution < 1.29 is 9.90 Å². The van der Waals surface area contributed by atoms with Crippen molar-refractivity contribution in [3.8, 4) is 5.75 Å². The second-order valence-electron chi connectivity index (χ2n) is 4.49. The molecule has 19 heavy (non-hydrogen) atoms. The van der Waals surface area contributed by atoms with Crippen LogP contribution in [-0.2, 0) is 6.54 Å². The molecule has 0 saturated heterocycles. The molecule has 0 unspecified atom stereocenters. The van der Waals surface area contributed by atoms with Gasteiger partial charge in [0.1, 0.15) is 5.75 Å². The van der Waals surface area contributed by atoms with Crippen molar-refractivity contribution >= 4 is 5.91 Å². The van der Waals surface area contributed by atoms with Crippen molar-refractivity contribution in [1.82, 2.24) is 9.88 Å². The quantitative estimate of drug-likeness (QED) is 0.917. The molecule has 1 aromatic heterocycles. The van der Waals surface area contributed by atoms with E-state index < -0.39 is 0 Å². The highest BCUT2D eigenvalue weighted by Gasteiger charge is 2.16. The molecule has 1 N–H and O–H groups in total. The van der Waals surface area contributed by atoms with Crippen molar-refractivity contribution in [3.05, 3.63) is 59.4 Å². The van der Waals surface area contributed by atoms with E-state index in [9.17, 15) is 9.90 Å². The van der Waals surface area contributed by atoms with Crippen LogP contribution in [0.3, 0.4) is 0 Å². The van der Waals surface area contributed by atoms with Gasteiger partial charge in [0, 0.05) is 26.0 Å². The van der Waals surface area contributed by atoms with Crippen LogP contribution in [0.2, 0.25) is 0 Å². The van der Waals surface area contributed by atoms with E-state index in [-0.39, 0.29) is 11.7 Å². The largest absolute Gasteiger partial charge is 0.507 e. The van der Waals surface area contributed by atoms with E-state index in [1.54, 1.807) is 49.5 Å². The first-order chi connectivity index (χ1) is 9.09. The summed E-state index contributed by atoms with van der Waals surface area (Å²) in [4.78, 5) is 17.8. The number of benzene rings is 1. The van der Waals surface area contributed by atoms with Gasteiger partial charge in [-0.05, 0) is 30.2 Å². The maximum atomic E-state index is 12.3. The van der Waals surface area contributed by atoms with Crippen LogP contribution in [0.15, 0.2) is 42.7 Å². The summed E-state index contributed by atoms with van der Waals surface area (Å²) in [7, 11) is 1.71. The van der Waals surface area contributed by atoms with Gasteiger partial charge in [0.2, 0.25) is 0 Å². The molecule has 0 bridgehead atoms. The van der Waals surface area contributed by atoms with Gasteiger partial charge in [0.15, 0.2) is 0 Å². The van der Waals surface area contributed by atoms with Gasteiger partial charge in [0.05, 0.1) is 5.56 Å². The van der Waals surface area contributed by atoms with Crippen LogP contribution in [-0.4, -0.2) is 27.9 Å². The maximum absolute atomic E-state index is 12.3. The Labute approximate surface area is 112 Å². The SMILES string of the molecule is Cc1cccc(C(=O)N(C)Cc2cccnc2)c1O. The predicted molar refractivity (Wildman–Crippen MR) is 72.9 cm³/mol. The van der Waals surface area contributed by atoms with Gasteiger partial charge < -0.3 is 10.0 Å². The lowest BCUT2D eigenvalue weighted by molar-refractivity contribution is 0.0782. The minimum absolute atomic E-state index is 0.0468. The number of rotatable bonds is 3. The lowest BCUT2D eigenvalue weighted by atomic mass is 10.1. The molecule has 0 aliphatic rings.